The summed E-state index contributed by atoms with van der Waals surface area (Å²) in [7, 11) is 0. The lowest BCUT2D eigenvalue weighted by Crippen LogP contribution is -2.29. The van der Waals surface area contributed by atoms with Crippen LogP contribution in [0.1, 0.15) is 19.8 Å². The van der Waals surface area contributed by atoms with Crippen molar-refractivity contribution in [1.82, 2.24) is 5.32 Å². The van der Waals surface area contributed by atoms with Gasteiger partial charge in [-0.25, -0.2) is 0 Å². The van der Waals surface area contributed by atoms with Gasteiger partial charge in [-0.15, -0.1) is 0 Å². The van der Waals surface area contributed by atoms with Crippen LogP contribution >= 0.6 is 0 Å². The molecule has 96 valence electrons. The maximum atomic E-state index is 11.6. The first-order valence-electron chi connectivity index (χ1n) is 4.90. The summed E-state index contributed by atoms with van der Waals surface area (Å²) in [6, 6.07) is 0. The van der Waals surface area contributed by atoms with Gasteiger partial charge in [-0.05, 0) is 13.3 Å². The van der Waals surface area contributed by atoms with Crippen LogP contribution in [-0.2, 0) is 9.53 Å². The SMILES string of the molecule is CC(O)CCC(=O)NCCOCC(F)(F)F. The molecule has 0 aromatic carbocycles. The average Bonchev–Trinajstić information content (AvgIpc) is 2.12. The summed E-state index contributed by atoms with van der Waals surface area (Å²) < 4.78 is 39.1. The van der Waals surface area contributed by atoms with Crippen molar-refractivity contribution in [3.63, 3.8) is 0 Å². The summed E-state index contributed by atoms with van der Waals surface area (Å²) in [6.45, 7) is 0.102. The highest BCUT2D eigenvalue weighted by atomic mass is 19.4. The van der Waals surface area contributed by atoms with E-state index in [0.29, 0.717) is 6.42 Å². The van der Waals surface area contributed by atoms with Gasteiger partial charge in [0, 0.05) is 13.0 Å². The number of nitrogens with one attached hydrogen (secondary N) is 1. The number of aliphatic hydroxyl groups excluding tert-OH is 1. The number of carbonyl (C=O) groups excluding carboxylic acids is 1. The third-order valence-electron chi connectivity index (χ3n) is 1.62. The Labute approximate surface area is 91.8 Å². The van der Waals surface area contributed by atoms with Gasteiger partial charge in [0.1, 0.15) is 6.61 Å². The van der Waals surface area contributed by atoms with Gasteiger partial charge < -0.3 is 15.2 Å². The molecule has 7 heteroatoms. The largest absolute Gasteiger partial charge is 0.411 e. The number of rotatable bonds is 7. The van der Waals surface area contributed by atoms with Crippen LogP contribution in [0.5, 0.6) is 0 Å². The summed E-state index contributed by atoms with van der Waals surface area (Å²) >= 11 is 0. The lowest BCUT2D eigenvalue weighted by molar-refractivity contribution is -0.173. The highest BCUT2D eigenvalue weighted by Crippen LogP contribution is 2.13. The second-order valence-electron chi connectivity index (χ2n) is 3.41. The van der Waals surface area contributed by atoms with E-state index in [1.54, 1.807) is 6.92 Å². The molecule has 0 aromatic rings. The zero-order valence-corrected chi connectivity index (χ0v) is 9.01. The van der Waals surface area contributed by atoms with Gasteiger partial charge in [-0.2, -0.15) is 13.2 Å². The molecule has 0 aliphatic heterocycles. The normalized spacial score (nSPS) is 13.6. The third kappa shape index (κ3) is 11.3. The van der Waals surface area contributed by atoms with Gasteiger partial charge in [0.05, 0.1) is 12.7 Å². The second-order valence-corrected chi connectivity index (χ2v) is 3.41. The first-order chi connectivity index (χ1) is 7.31. The van der Waals surface area contributed by atoms with Crippen LogP contribution in [0.25, 0.3) is 0 Å². The number of ether oxygens (including phenoxy) is 1. The van der Waals surface area contributed by atoms with E-state index in [-0.39, 0.29) is 25.5 Å². The van der Waals surface area contributed by atoms with Crippen LogP contribution in [0, 0.1) is 0 Å². The Morgan fingerprint density at radius 1 is 1.50 bits per heavy atom. The average molecular weight is 243 g/mol. The second kappa shape index (κ2) is 7.45. The summed E-state index contributed by atoms with van der Waals surface area (Å²) in [5.74, 6) is -0.309. The van der Waals surface area contributed by atoms with Gasteiger partial charge in [0.15, 0.2) is 0 Å². The Bertz CT molecular complexity index is 207. The molecule has 1 atom stereocenters. The zero-order chi connectivity index (χ0) is 12.6. The molecule has 0 aliphatic carbocycles. The fourth-order valence-electron chi connectivity index (χ4n) is 0.879. The Morgan fingerprint density at radius 3 is 2.62 bits per heavy atom. The van der Waals surface area contributed by atoms with E-state index >= 15 is 0 Å². The lowest BCUT2D eigenvalue weighted by atomic mass is 10.2. The van der Waals surface area contributed by atoms with Crippen molar-refractivity contribution in [2.24, 2.45) is 0 Å². The summed E-state index contributed by atoms with van der Waals surface area (Å²) in [4.78, 5) is 11.0. The number of aliphatic hydroxyl groups is 1. The van der Waals surface area contributed by atoms with Crippen molar-refractivity contribution in [3.8, 4) is 0 Å². The number of halogens is 3. The first kappa shape index (κ1) is 15.2. The quantitative estimate of drug-likeness (QED) is 0.651. The van der Waals surface area contributed by atoms with E-state index in [9.17, 15) is 18.0 Å². The number of amides is 1. The highest BCUT2D eigenvalue weighted by molar-refractivity contribution is 5.75. The smallest absolute Gasteiger partial charge is 0.393 e. The van der Waals surface area contributed by atoms with Crippen LogP contribution in [0.15, 0.2) is 0 Å². The molecule has 0 heterocycles. The lowest BCUT2D eigenvalue weighted by Gasteiger charge is -2.08. The third-order valence-corrected chi connectivity index (χ3v) is 1.62. The van der Waals surface area contributed by atoms with E-state index < -0.39 is 18.9 Å². The molecule has 0 saturated carbocycles. The molecule has 4 nitrogen and oxygen atoms in total. The van der Waals surface area contributed by atoms with Crippen molar-refractivity contribution < 1.29 is 27.8 Å². The maximum absolute atomic E-state index is 11.6. The van der Waals surface area contributed by atoms with Gasteiger partial charge >= 0.3 is 6.18 Å². The topological polar surface area (TPSA) is 58.6 Å². The van der Waals surface area contributed by atoms with E-state index in [0.717, 1.165) is 0 Å². The Kier molecular flexibility index (Phi) is 7.07. The Hall–Kier alpha value is -0.820. The zero-order valence-electron chi connectivity index (χ0n) is 9.01. The molecule has 0 aliphatic rings. The van der Waals surface area contributed by atoms with Crippen LogP contribution < -0.4 is 5.32 Å². The van der Waals surface area contributed by atoms with Crippen molar-refractivity contribution in [2.45, 2.75) is 32.0 Å². The van der Waals surface area contributed by atoms with Crippen molar-refractivity contribution in [3.05, 3.63) is 0 Å². The number of alkyl halides is 3. The predicted octanol–water partition coefficient (Wildman–Crippen LogP) is 0.843. The fraction of sp³-hybridized carbons (Fsp3) is 0.889. The molecule has 0 rings (SSSR count). The monoisotopic (exact) mass is 243 g/mol. The molecule has 16 heavy (non-hydrogen) atoms. The highest BCUT2D eigenvalue weighted by Gasteiger charge is 2.27. The fourth-order valence-corrected chi connectivity index (χ4v) is 0.879. The molecule has 0 aromatic heterocycles. The van der Waals surface area contributed by atoms with Crippen molar-refractivity contribution >= 4 is 5.91 Å². The minimum Gasteiger partial charge on any atom is -0.393 e. The minimum absolute atomic E-state index is 0.0364. The van der Waals surface area contributed by atoms with Crippen LogP contribution in [0.4, 0.5) is 13.2 Å². The predicted molar refractivity (Wildman–Crippen MR) is 50.8 cm³/mol. The molecule has 2 N–H and O–H groups in total. The van der Waals surface area contributed by atoms with Crippen LogP contribution in [0.3, 0.4) is 0 Å². The molecule has 0 radical (unpaired) electrons. The molecule has 0 saturated heterocycles. The number of hydrogen-bond acceptors (Lipinski definition) is 3. The van der Waals surface area contributed by atoms with Crippen molar-refractivity contribution in [1.29, 1.82) is 0 Å². The molecule has 1 amide bonds. The molecular weight excluding hydrogens is 227 g/mol. The molecule has 0 bridgehead atoms. The standard InChI is InChI=1S/C9H16F3NO3/c1-7(14)2-3-8(15)13-4-5-16-6-9(10,11)12/h7,14H,2-6H2,1H3,(H,13,15). The van der Waals surface area contributed by atoms with Crippen LogP contribution in [-0.4, -0.2) is 43.1 Å². The maximum Gasteiger partial charge on any atom is 0.411 e. The van der Waals surface area contributed by atoms with Gasteiger partial charge in [-0.3, -0.25) is 4.79 Å². The first-order valence-corrected chi connectivity index (χ1v) is 4.90. The molecule has 0 spiro atoms. The Morgan fingerprint density at radius 2 is 2.12 bits per heavy atom. The number of hydrogen-bond donors (Lipinski definition) is 2. The van der Waals surface area contributed by atoms with Gasteiger partial charge in [0.2, 0.25) is 5.91 Å². The summed E-state index contributed by atoms with van der Waals surface area (Å²) in [5.41, 5.74) is 0. The van der Waals surface area contributed by atoms with Gasteiger partial charge in [0.25, 0.3) is 0 Å². The van der Waals surface area contributed by atoms with Crippen LogP contribution in [0.2, 0.25) is 0 Å². The molecule has 0 fully saturated rings. The van der Waals surface area contributed by atoms with Crippen molar-refractivity contribution in [2.75, 3.05) is 19.8 Å². The molecule has 1 unspecified atom stereocenters. The summed E-state index contributed by atoms with van der Waals surface area (Å²) in [6.07, 6.45) is -4.42. The van der Waals surface area contributed by atoms with E-state index in [4.69, 9.17) is 5.11 Å². The van der Waals surface area contributed by atoms with Gasteiger partial charge in [-0.1, -0.05) is 0 Å². The van der Waals surface area contributed by atoms with E-state index in [2.05, 4.69) is 10.1 Å². The molecular formula is C9H16F3NO3. The van der Waals surface area contributed by atoms with E-state index in [1.165, 1.54) is 0 Å². The minimum atomic E-state index is -4.34. The Balaban J connectivity index is 3.35. The number of carbonyl (C=O) groups is 1. The summed E-state index contributed by atoms with van der Waals surface area (Å²) in [5, 5.41) is 11.3. The van der Waals surface area contributed by atoms with E-state index in [1.807, 2.05) is 0 Å².